The highest BCUT2D eigenvalue weighted by Gasteiger charge is 2.06. The summed E-state index contributed by atoms with van der Waals surface area (Å²) < 4.78 is 4.83. The number of hydrogen-bond donors (Lipinski definition) is 2. The van der Waals surface area contributed by atoms with Crippen LogP contribution in [0.25, 0.3) is 0 Å². The van der Waals surface area contributed by atoms with E-state index in [1.807, 2.05) is 0 Å². The van der Waals surface area contributed by atoms with Crippen molar-refractivity contribution in [2.45, 2.75) is 38.5 Å². The maximum absolute atomic E-state index is 11.5. The fourth-order valence-corrected chi connectivity index (χ4v) is 1.55. The first-order chi connectivity index (χ1) is 8.24. The predicted octanol–water partition coefficient (Wildman–Crippen LogP) is 2.31. The molecular formula is C12H17NO4. The Balaban J connectivity index is 2.01. The van der Waals surface area contributed by atoms with Gasteiger partial charge in [0.25, 0.3) is 0 Å². The Morgan fingerprint density at radius 3 is 2.47 bits per heavy atom. The average molecular weight is 239 g/mol. The zero-order valence-corrected chi connectivity index (χ0v) is 9.65. The van der Waals surface area contributed by atoms with Gasteiger partial charge in [-0.1, -0.05) is 12.8 Å². The molecule has 2 N–H and O–H groups in total. The fraction of sp³-hybridized carbons (Fsp3) is 0.500. The van der Waals surface area contributed by atoms with Crippen molar-refractivity contribution in [3.63, 3.8) is 0 Å². The molecule has 1 amide bonds. The molecule has 1 rings (SSSR count). The van der Waals surface area contributed by atoms with Gasteiger partial charge in [-0.3, -0.25) is 14.8 Å². The third-order valence-corrected chi connectivity index (χ3v) is 2.53. The Bertz CT molecular complexity index is 345. The molecule has 0 aliphatic heterocycles. The Morgan fingerprint density at radius 1 is 1.18 bits per heavy atom. The van der Waals surface area contributed by atoms with Crippen molar-refractivity contribution in [3.8, 4) is 0 Å². The van der Waals surface area contributed by atoms with Gasteiger partial charge in [-0.05, 0) is 18.9 Å². The molecule has 0 atom stereocenters. The second kappa shape index (κ2) is 7.62. The highest BCUT2D eigenvalue weighted by molar-refractivity contribution is 5.95. The Kier molecular flexibility index (Phi) is 6.03. The van der Waals surface area contributed by atoms with Gasteiger partial charge in [0.2, 0.25) is 5.91 Å². The molecule has 1 heterocycles. The molecule has 0 radical (unpaired) electrons. The standard InChI is InChI=1S/C12H17NO4/c14-11(10-7-8-17-9-10)5-3-1-2-4-6-12(15)13-16/h7-9,16H,1-6H2,(H,13,15). The summed E-state index contributed by atoms with van der Waals surface area (Å²) in [5, 5.41) is 8.26. The van der Waals surface area contributed by atoms with Crippen molar-refractivity contribution in [1.82, 2.24) is 5.48 Å². The van der Waals surface area contributed by atoms with Gasteiger partial charge in [0.1, 0.15) is 6.26 Å². The molecule has 0 bridgehead atoms. The van der Waals surface area contributed by atoms with Crippen molar-refractivity contribution >= 4 is 11.7 Å². The van der Waals surface area contributed by atoms with Crippen LogP contribution in [0.1, 0.15) is 48.9 Å². The van der Waals surface area contributed by atoms with Crippen molar-refractivity contribution in [1.29, 1.82) is 0 Å². The lowest BCUT2D eigenvalue weighted by atomic mass is 10.1. The van der Waals surface area contributed by atoms with Gasteiger partial charge in [0.15, 0.2) is 5.78 Å². The summed E-state index contributed by atoms with van der Waals surface area (Å²) in [7, 11) is 0. The molecule has 0 saturated carbocycles. The van der Waals surface area contributed by atoms with E-state index >= 15 is 0 Å². The van der Waals surface area contributed by atoms with Crippen LogP contribution in [0.5, 0.6) is 0 Å². The lowest BCUT2D eigenvalue weighted by molar-refractivity contribution is -0.129. The van der Waals surface area contributed by atoms with E-state index in [9.17, 15) is 9.59 Å². The van der Waals surface area contributed by atoms with E-state index in [0.717, 1.165) is 25.7 Å². The average Bonchev–Trinajstić information content (AvgIpc) is 2.86. The number of amides is 1. The molecule has 0 aromatic carbocycles. The van der Waals surface area contributed by atoms with Crippen molar-refractivity contribution < 1.29 is 19.2 Å². The summed E-state index contributed by atoms with van der Waals surface area (Å²) in [5.74, 6) is -0.272. The van der Waals surface area contributed by atoms with Crippen LogP contribution >= 0.6 is 0 Å². The summed E-state index contributed by atoms with van der Waals surface area (Å²) in [6.07, 6.45) is 7.10. The number of ketones is 1. The molecule has 1 aromatic rings. The summed E-state index contributed by atoms with van der Waals surface area (Å²) >= 11 is 0. The highest BCUT2D eigenvalue weighted by Crippen LogP contribution is 2.10. The van der Waals surface area contributed by atoms with Gasteiger partial charge in [0.05, 0.1) is 11.8 Å². The molecule has 0 saturated heterocycles. The van der Waals surface area contributed by atoms with Crippen LogP contribution in [-0.2, 0) is 4.79 Å². The molecule has 0 unspecified atom stereocenters. The molecule has 0 fully saturated rings. The monoisotopic (exact) mass is 239 g/mol. The fourth-order valence-electron chi connectivity index (χ4n) is 1.55. The summed E-state index contributed by atoms with van der Waals surface area (Å²) in [6, 6.07) is 1.66. The first-order valence-corrected chi connectivity index (χ1v) is 5.72. The second-order valence-corrected chi connectivity index (χ2v) is 3.88. The molecule has 0 aliphatic carbocycles. The normalized spacial score (nSPS) is 10.2. The molecule has 0 aliphatic rings. The minimum absolute atomic E-state index is 0.0897. The van der Waals surface area contributed by atoms with Crippen LogP contribution in [-0.4, -0.2) is 16.9 Å². The zero-order valence-electron chi connectivity index (χ0n) is 9.65. The minimum Gasteiger partial charge on any atom is -0.472 e. The maximum atomic E-state index is 11.5. The summed E-state index contributed by atoms with van der Waals surface area (Å²) in [5.41, 5.74) is 2.20. The van der Waals surface area contributed by atoms with E-state index in [0.29, 0.717) is 18.4 Å². The van der Waals surface area contributed by atoms with Crippen LogP contribution in [0.15, 0.2) is 23.0 Å². The number of furan rings is 1. The lowest BCUT2D eigenvalue weighted by Crippen LogP contribution is -2.17. The van der Waals surface area contributed by atoms with E-state index < -0.39 is 0 Å². The third-order valence-electron chi connectivity index (χ3n) is 2.53. The maximum Gasteiger partial charge on any atom is 0.243 e. The van der Waals surface area contributed by atoms with Gasteiger partial charge >= 0.3 is 0 Å². The number of carbonyl (C=O) groups excluding carboxylic acids is 2. The Hall–Kier alpha value is -1.62. The Morgan fingerprint density at radius 2 is 1.88 bits per heavy atom. The summed E-state index contributed by atoms with van der Waals surface area (Å²) in [4.78, 5) is 22.2. The molecule has 94 valence electrons. The van der Waals surface area contributed by atoms with Crippen LogP contribution in [0.3, 0.4) is 0 Å². The summed E-state index contributed by atoms with van der Waals surface area (Å²) in [6.45, 7) is 0. The predicted molar refractivity (Wildman–Crippen MR) is 60.7 cm³/mol. The quantitative estimate of drug-likeness (QED) is 0.316. The van der Waals surface area contributed by atoms with Crippen LogP contribution < -0.4 is 5.48 Å². The molecular weight excluding hydrogens is 222 g/mol. The van der Waals surface area contributed by atoms with Gasteiger partial charge in [-0.2, -0.15) is 0 Å². The van der Waals surface area contributed by atoms with Gasteiger partial charge in [-0.25, -0.2) is 5.48 Å². The largest absolute Gasteiger partial charge is 0.472 e. The molecule has 0 spiro atoms. The van der Waals surface area contributed by atoms with Gasteiger partial charge < -0.3 is 4.42 Å². The van der Waals surface area contributed by atoms with E-state index in [4.69, 9.17) is 9.62 Å². The topological polar surface area (TPSA) is 79.5 Å². The number of hydrogen-bond acceptors (Lipinski definition) is 4. The third kappa shape index (κ3) is 5.31. The number of nitrogens with one attached hydrogen (secondary N) is 1. The first kappa shape index (κ1) is 13.4. The van der Waals surface area contributed by atoms with E-state index in [1.54, 1.807) is 11.5 Å². The van der Waals surface area contributed by atoms with Gasteiger partial charge in [0, 0.05) is 12.8 Å². The lowest BCUT2D eigenvalue weighted by Gasteiger charge is -2.00. The smallest absolute Gasteiger partial charge is 0.243 e. The van der Waals surface area contributed by atoms with E-state index in [-0.39, 0.29) is 11.7 Å². The van der Waals surface area contributed by atoms with Crippen LogP contribution in [0.4, 0.5) is 0 Å². The van der Waals surface area contributed by atoms with E-state index in [1.165, 1.54) is 12.5 Å². The Labute approximate surface area is 99.8 Å². The highest BCUT2D eigenvalue weighted by atomic mass is 16.5. The van der Waals surface area contributed by atoms with Crippen LogP contribution in [0, 0.1) is 0 Å². The number of Topliss-reactive ketones (excluding diaryl/α,β-unsaturated/α-hetero) is 1. The first-order valence-electron chi connectivity index (χ1n) is 5.72. The number of unbranched alkanes of at least 4 members (excludes halogenated alkanes) is 3. The number of rotatable bonds is 8. The second-order valence-electron chi connectivity index (χ2n) is 3.88. The zero-order chi connectivity index (χ0) is 12.5. The minimum atomic E-state index is -0.362. The van der Waals surface area contributed by atoms with Crippen molar-refractivity contribution in [2.24, 2.45) is 0 Å². The molecule has 1 aromatic heterocycles. The van der Waals surface area contributed by atoms with Crippen molar-refractivity contribution in [2.75, 3.05) is 0 Å². The molecule has 5 nitrogen and oxygen atoms in total. The van der Waals surface area contributed by atoms with Crippen LogP contribution in [0.2, 0.25) is 0 Å². The van der Waals surface area contributed by atoms with Crippen molar-refractivity contribution in [3.05, 3.63) is 24.2 Å². The van der Waals surface area contributed by atoms with Gasteiger partial charge in [-0.15, -0.1) is 0 Å². The number of carbonyl (C=O) groups is 2. The molecule has 5 heteroatoms. The SMILES string of the molecule is O=C(CCCCCCC(=O)c1ccoc1)NO. The number of hydroxylamine groups is 1. The van der Waals surface area contributed by atoms with E-state index in [2.05, 4.69) is 0 Å². The molecule has 17 heavy (non-hydrogen) atoms.